The molecule has 0 fully saturated rings. The molecular weight excluding hydrogens is 443 g/mol. The van der Waals surface area contributed by atoms with Crippen molar-refractivity contribution in [2.45, 2.75) is 39.1 Å². The number of hydrogen-bond donors (Lipinski definition) is 1. The highest BCUT2D eigenvalue weighted by Gasteiger charge is 2.15. The summed E-state index contributed by atoms with van der Waals surface area (Å²) in [5.74, 6) is 1.43. The molecule has 9 heteroatoms. The van der Waals surface area contributed by atoms with Crippen molar-refractivity contribution in [3.05, 3.63) is 63.4 Å². The maximum atomic E-state index is 12.4. The second-order valence-corrected chi connectivity index (χ2v) is 8.45. The van der Waals surface area contributed by atoms with E-state index in [1.807, 2.05) is 37.5 Å². The average molecular weight is 465 g/mol. The molecule has 0 bridgehead atoms. The van der Waals surface area contributed by atoms with E-state index in [2.05, 4.69) is 15.5 Å². The molecule has 6 nitrogen and oxygen atoms in total. The first-order valence-electron chi connectivity index (χ1n) is 9.37. The van der Waals surface area contributed by atoms with E-state index in [0.717, 1.165) is 11.1 Å². The molecule has 0 radical (unpaired) electrons. The number of hydrogen-bond acceptors (Lipinski definition) is 5. The summed E-state index contributed by atoms with van der Waals surface area (Å²) in [5, 5.41) is 13.1. The molecule has 1 N–H and O–H groups in total. The normalized spacial score (nSPS) is 10.8. The van der Waals surface area contributed by atoms with Crippen LogP contribution >= 0.6 is 35.0 Å². The summed E-state index contributed by atoms with van der Waals surface area (Å²) in [7, 11) is 0. The largest absolute Gasteiger partial charge is 0.486 e. The van der Waals surface area contributed by atoms with Gasteiger partial charge in [-0.3, -0.25) is 4.79 Å². The third kappa shape index (κ3) is 5.68. The molecule has 158 valence electrons. The summed E-state index contributed by atoms with van der Waals surface area (Å²) in [4.78, 5) is 12.4. The summed E-state index contributed by atoms with van der Waals surface area (Å²) < 4.78 is 7.69. The van der Waals surface area contributed by atoms with Crippen molar-refractivity contribution >= 4 is 46.6 Å². The Bertz CT molecular complexity index is 1010. The van der Waals surface area contributed by atoms with Crippen LogP contribution in [0, 0.1) is 13.8 Å². The first kappa shape index (κ1) is 22.5. The van der Waals surface area contributed by atoms with Gasteiger partial charge in [0.25, 0.3) is 0 Å². The van der Waals surface area contributed by atoms with Crippen molar-refractivity contribution in [3.8, 4) is 5.75 Å². The van der Waals surface area contributed by atoms with Crippen molar-refractivity contribution in [1.29, 1.82) is 0 Å². The summed E-state index contributed by atoms with van der Waals surface area (Å²) >= 11 is 13.5. The van der Waals surface area contributed by atoms with E-state index >= 15 is 0 Å². The van der Waals surface area contributed by atoms with Crippen molar-refractivity contribution in [2.75, 3.05) is 11.1 Å². The van der Waals surface area contributed by atoms with Crippen LogP contribution in [0.1, 0.15) is 23.9 Å². The average Bonchev–Trinajstić information content (AvgIpc) is 3.10. The number of benzene rings is 2. The number of halogens is 2. The quantitative estimate of drug-likeness (QED) is 0.443. The van der Waals surface area contributed by atoms with Gasteiger partial charge in [-0.2, -0.15) is 0 Å². The Hall–Kier alpha value is -2.22. The Morgan fingerprint density at radius 1 is 1.17 bits per heavy atom. The van der Waals surface area contributed by atoms with Gasteiger partial charge in [0.2, 0.25) is 5.91 Å². The summed E-state index contributed by atoms with van der Waals surface area (Å²) in [6.07, 6.45) is 0. The lowest BCUT2D eigenvalue weighted by Gasteiger charge is -2.12. The van der Waals surface area contributed by atoms with E-state index in [9.17, 15) is 4.79 Å². The maximum absolute atomic E-state index is 12.4. The molecule has 0 atom stereocenters. The Balaban J connectivity index is 1.60. The van der Waals surface area contributed by atoms with Gasteiger partial charge in [-0.25, -0.2) is 0 Å². The molecule has 0 unspecified atom stereocenters. The lowest BCUT2D eigenvalue weighted by Crippen LogP contribution is -2.16. The maximum Gasteiger partial charge on any atom is 0.234 e. The van der Waals surface area contributed by atoms with Gasteiger partial charge in [0.05, 0.1) is 16.5 Å². The van der Waals surface area contributed by atoms with Crippen LogP contribution in [-0.2, 0) is 17.9 Å². The smallest absolute Gasteiger partial charge is 0.234 e. The highest BCUT2D eigenvalue weighted by Crippen LogP contribution is 2.28. The molecular formula is C21H22Cl2N4O2S. The first-order valence-corrected chi connectivity index (χ1v) is 11.1. The zero-order valence-electron chi connectivity index (χ0n) is 16.9. The molecule has 30 heavy (non-hydrogen) atoms. The second-order valence-electron chi connectivity index (χ2n) is 6.66. The number of aryl methyl sites for hydroxylation is 2. The van der Waals surface area contributed by atoms with Gasteiger partial charge in [-0.1, -0.05) is 41.0 Å². The highest BCUT2D eigenvalue weighted by molar-refractivity contribution is 7.99. The molecule has 0 aliphatic heterocycles. The number of amides is 1. The summed E-state index contributed by atoms with van der Waals surface area (Å²) in [6.45, 7) is 6.82. The number of carbonyl (C=O) groups is 1. The van der Waals surface area contributed by atoms with Crippen LogP contribution in [0.15, 0.2) is 41.6 Å². The fourth-order valence-electron chi connectivity index (χ4n) is 2.91. The van der Waals surface area contributed by atoms with E-state index in [4.69, 9.17) is 27.9 Å². The first-order chi connectivity index (χ1) is 14.4. The van der Waals surface area contributed by atoms with Crippen molar-refractivity contribution in [2.24, 2.45) is 0 Å². The lowest BCUT2D eigenvalue weighted by molar-refractivity contribution is -0.113. The molecule has 0 spiro atoms. The molecule has 1 amide bonds. The SMILES string of the molecule is CCn1c(COc2ccc(Cl)cc2)nnc1SCC(=O)Nc1c(C)cc(C)cc1Cl. The van der Waals surface area contributed by atoms with Crippen LogP contribution in [0.25, 0.3) is 0 Å². The molecule has 0 aliphatic carbocycles. The number of carbonyl (C=O) groups excluding carboxylic acids is 1. The van der Waals surface area contributed by atoms with Crippen LogP contribution in [0.5, 0.6) is 5.75 Å². The van der Waals surface area contributed by atoms with Gasteiger partial charge in [-0.15, -0.1) is 10.2 Å². The van der Waals surface area contributed by atoms with Crippen LogP contribution in [0.2, 0.25) is 10.0 Å². The van der Waals surface area contributed by atoms with Gasteiger partial charge in [0, 0.05) is 11.6 Å². The molecule has 0 saturated heterocycles. The topological polar surface area (TPSA) is 69.0 Å². The third-order valence-electron chi connectivity index (χ3n) is 4.32. The van der Waals surface area contributed by atoms with Crippen LogP contribution in [-0.4, -0.2) is 26.4 Å². The third-order valence-corrected chi connectivity index (χ3v) is 5.84. The van der Waals surface area contributed by atoms with Crippen LogP contribution < -0.4 is 10.1 Å². The monoisotopic (exact) mass is 464 g/mol. The van der Waals surface area contributed by atoms with E-state index in [1.54, 1.807) is 24.3 Å². The lowest BCUT2D eigenvalue weighted by atomic mass is 10.1. The second kappa shape index (κ2) is 10.2. The van der Waals surface area contributed by atoms with E-state index in [-0.39, 0.29) is 18.3 Å². The number of anilines is 1. The van der Waals surface area contributed by atoms with Crippen molar-refractivity contribution in [1.82, 2.24) is 14.8 Å². The van der Waals surface area contributed by atoms with Gasteiger partial charge in [0.1, 0.15) is 12.4 Å². The molecule has 2 aromatic carbocycles. The van der Waals surface area contributed by atoms with Gasteiger partial charge < -0.3 is 14.6 Å². The fourth-order valence-corrected chi connectivity index (χ4v) is 4.22. The minimum absolute atomic E-state index is 0.154. The Morgan fingerprint density at radius 2 is 1.90 bits per heavy atom. The van der Waals surface area contributed by atoms with Gasteiger partial charge >= 0.3 is 0 Å². The Morgan fingerprint density at radius 3 is 2.57 bits per heavy atom. The molecule has 3 rings (SSSR count). The van der Waals surface area contributed by atoms with E-state index in [0.29, 0.717) is 39.0 Å². The number of thioether (sulfide) groups is 1. The zero-order valence-corrected chi connectivity index (χ0v) is 19.2. The van der Waals surface area contributed by atoms with Gasteiger partial charge in [0.15, 0.2) is 11.0 Å². The van der Waals surface area contributed by atoms with Crippen molar-refractivity contribution < 1.29 is 9.53 Å². The Labute approximate surface area is 189 Å². The number of ether oxygens (including phenoxy) is 1. The zero-order chi connectivity index (χ0) is 21.7. The summed E-state index contributed by atoms with van der Waals surface area (Å²) in [5.41, 5.74) is 2.62. The highest BCUT2D eigenvalue weighted by atomic mass is 35.5. The minimum Gasteiger partial charge on any atom is -0.486 e. The van der Waals surface area contributed by atoms with Crippen molar-refractivity contribution in [3.63, 3.8) is 0 Å². The molecule has 0 saturated carbocycles. The van der Waals surface area contributed by atoms with E-state index < -0.39 is 0 Å². The van der Waals surface area contributed by atoms with Crippen LogP contribution in [0.3, 0.4) is 0 Å². The summed E-state index contributed by atoms with van der Waals surface area (Å²) in [6, 6.07) is 10.9. The number of nitrogens with zero attached hydrogens (tertiary/aromatic N) is 3. The number of rotatable bonds is 8. The predicted octanol–water partition coefficient (Wildman–Crippen LogP) is 5.53. The fraction of sp³-hybridized carbons (Fsp3) is 0.286. The standard InChI is InChI=1S/C21H22Cl2N4O2S/c1-4-27-18(11-29-16-7-5-15(22)6-8-16)25-26-21(27)30-12-19(28)24-20-14(3)9-13(2)10-17(20)23/h5-10H,4,11-12H2,1-3H3,(H,24,28). The van der Waals surface area contributed by atoms with Crippen LogP contribution in [0.4, 0.5) is 5.69 Å². The molecule has 0 aliphatic rings. The minimum atomic E-state index is -0.154. The molecule has 1 heterocycles. The van der Waals surface area contributed by atoms with Gasteiger partial charge in [-0.05, 0) is 62.2 Å². The van der Waals surface area contributed by atoms with E-state index in [1.165, 1.54) is 11.8 Å². The Kier molecular flexibility index (Phi) is 7.64. The molecule has 1 aromatic heterocycles. The number of aromatic nitrogens is 3. The number of nitrogens with one attached hydrogen (secondary N) is 1. The predicted molar refractivity (Wildman–Crippen MR) is 122 cm³/mol. The molecule has 3 aromatic rings.